The van der Waals surface area contributed by atoms with Gasteiger partial charge in [-0.25, -0.2) is 4.39 Å². The average molecular weight is 354 g/mol. The minimum atomic E-state index is -4.50. The van der Waals surface area contributed by atoms with Gasteiger partial charge in [-0.05, 0) is 37.0 Å². The van der Waals surface area contributed by atoms with Gasteiger partial charge < -0.3 is 4.90 Å². The van der Waals surface area contributed by atoms with Gasteiger partial charge in [0.05, 0.1) is 11.3 Å². The van der Waals surface area contributed by atoms with Crippen LogP contribution < -0.4 is 4.90 Å². The fraction of sp³-hybridized carbons (Fsp3) is 0.571. The Morgan fingerprint density at radius 3 is 2.30 bits per heavy atom. The number of anilines is 1. The Hall–Kier alpha value is -0.780. The zero-order valence-corrected chi connectivity index (χ0v) is 12.6. The molecule has 6 heteroatoms. The molecular weight excluding hydrogens is 338 g/mol. The number of alkyl halides is 4. The van der Waals surface area contributed by atoms with Crippen molar-refractivity contribution in [3.8, 4) is 0 Å². The molecule has 1 saturated heterocycles. The maximum Gasteiger partial charge on any atom is 0.416 e. The molecule has 1 fully saturated rings. The second-order valence-corrected chi connectivity index (χ2v) is 6.61. The lowest BCUT2D eigenvalue weighted by atomic mass is 9.94. The van der Waals surface area contributed by atoms with E-state index in [1.165, 1.54) is 6.07 Å². The molecule has 0 amide bonds. The van der Waals surface area contributed by atoms with Crippen molar-refractivity contribution in [1.29, 1.82) is 0 Å². The first-order valence-corrected chi connectivity index (χ1v) is 7.46. The summed E-state index contributed by atoms with van der Waals surface area (Å²) in [7, 11) is 0. The monoisotopic (exact) mass is 353 g/mol. The van der Waals surface area contributed by atoms with E-state index >= 15 is 0 Å². The molecule has 0 N–H and O–H groups in total. The van der Waals surface area contributed by atoms with E-state index in [9.17, 15) is 17.6 Å². The Balaban J connectivity index is 2.11. The zero-order chi connectivity index (χ0) is 14.9. The first-order chi connectivity index (χ1) is 9.29. The van der Waals surface area contributed by atoms with Gasteiger partial charge in [0.15, 0.2) is 0 Å². The predicted molar refractivity (Wildman–Crippen MR) is 74.7 cm³/mol. The molecule has 112 valence electrons. The second-order valence-electron chi connectivity index (χ2n) is 5.17. The van der Waals surface area contributed by atoms with Crippen LogP contribution in [-0.2, 0) is 6.18 Å². The smallest absolute Gasteiger partial charge is 0.369 e. The van der Waals surface area contributed by atoms with Gasteiger partial charge in [-0.2, -0.15) is 13.2 Å². The van der Waals surface area contributed by atoms with Crippen LogP contribution in [0.1, 0.15) is 25.3 Å². The van der Waals surface area contributed by atoms with Crippen molar-refractivity contribution in [2.45, 2.75) is 30.8 Å². The van der Waals surface area contributed by atoms with E-state index < -0.39 is 17.6 Å². The van der Waals surface area contributed by atoms with Crippen LogP contribution in [0.3, 0.4) is 0 Å². The summed E-state index contributed by atoms with van der Waals surface area (Å²) in [5.41, 5.74) is -0.679. The van der Waals surface area contributed by atoms with Crippen molar-refractivity contribution in [1.82, 2.24) is 0 Å². The number of halogens is 5. The molecule has 0 saturated carbocycles. The van der Waals surface area contributed by atoms with Crippen molar-refractivity contribution in [2.75, 3.05) is 18.0 Å². The summed E-state index contributed by atoms with van der Waals surface area (Å²) >= 11 is 3.54. The summed E-state index contributed by atoms with van der Waals surface area (Å²) < 4.78 is 51.4. The van der Waals surface area contributed by atoms with Crippen LogP contribution in [0.15, 0.2) is 18.2 Å². The Morgan fingerprint density at radius 1 is 1.25 bits per heavy atom. The van der Waals surface area contributed by atoms with E-state index in [2.05, 4.69) is 22.9 Å². The third-order valence-electron chi connectivity index (χ3n) is 3.80. The number of piperidine rings is 1. The van der Waals surface area contributed by atoms with Crippen LogP contribution in [0.4, 0.5) is 23.2 Å². The molecule has 0 radical (unpaired) electrons. The highest BCUT2D eigenvalue weighted by atomic mass is 79.9. The zero-order valence-electron chi connectivity index (χ0n) is 11.1. The first kappa shape index (κ1) is 15.6. The third kappa shape index (κ3) is 3.45. The molecule has 1 aromatic carbocycles. The van der Waals surface area contributed by atoms with Crippen LogP contribution in [0.2, 0.25) is 0 Å². The molecule has 20 heavy (non-hydrogen) atoms. The molecule has 0 aliphatic carbocycles. The van der Waals surface area contributed by atoms with E-state index in [-0.39, 0.29) is 5.69 Å². The highest BCUT2D eigenvalue weighted by Gasteiger charge is 2.32. The van der Waals surface area contributed by atoms with E-state index in [1.54, 1.807) is 0 Å². The van der Waals surface area contributed by atoms with Crippen molar-refractivity contribution in [3.05, 3.63) is 29.6 Å². The van der Waals surface area contributed by atoms with Crippen LogP contribution in [0.5, 0.6) is 0 Å². The molecule has 2 rings (SSSR count). The van der Waals surface area contributed by atoms with Crippen LogP contribution in [-0.4, -0.2) is 17.9 Å². The molecular formula is C14H16BrF4N. The Bertz CT molecular complexity index is 465. The van der Waals surface area contributed by atoms with Crippen LogP contribution in [0.25, 0.3) is 0 Å². The van der Waals surface area contributed by atoms with Crippen molar-refractivity contribution >= 4 is 21.6 Å². The van der Waals surface area contributed by atoms with Gasteiger partial charge in [0, 0.05) is 17.9 Å². The van der Waals surface area contributed by atoms with Gasteiger partial charge in [-0.15, -0.1) is 0 Å². The molecule has 0 bridgehead atoms. The highest BCUT2D eigenvalue weighted by molar-refractivity contribution is 9.09. The molecule has 1 unspecified atom stereocenters. The average Bonchev–Trinajstić information content (AvgIpc) is 2.37. The number of hydrogen-bond donors (Lipinski definition) is 0. The predicted octanol–water partition coefficient (Wildman–Crippen LogP) is 4.84. The largest absolute Gasteiger partial charge is 0.416 e. The highest BCUT2D eigenvalue weighted by Crippen LogP contribution is 2.34. The van der Waals surface area contributed by atoms with Gasteiger partial charge in [-0.1, -0.05) is 22.9 Å². The molecule has 1 atom stereocenters. The summed E-state index contributed by atoms with van der Waals surface area (Å²) in [5.74, 6) is -0.270. The SMILES string of the molecule is CC(Br)C1CCN(c2ccc(C(F)(F)F)cc2F)CC1. The third-order valence-corrected chi connectivity index (χ3v) is 4.55. The molecule has 1 aliphatic rings. The van der Waals surface area contributed by atoms with Crippen molar-refractivity contribution in [2.24, 2.45) is 5.92 Å². The Kier molecular flexibility index (Phi) is 4.62. The van der Waals surface area contributed by atoms with E-state index in [0.717, 1.165) is 18.9 Å². The van der Waals surface area contributed by atoms with Crippen LogP contribution in [0, 0.1) is 11.7 Å². The molecule has 0 aromatic heterocycles. The maximum atomic E-state index is 13.9. The summed E-state index contributed by atoms with van der Waals surface area (Å²) in [6.07, 6.45) is -2.68. The number of hydrogen-bond acceptors (Lipinski definition) is 1. The maximum absolute atomic E-state index is 13.9. The lowest BCUT2D eigenvalue weighted by molar-refractivity contribution is -0.137. The number of benzene rings is 1. The first-order valence-electron chi connectivity index (χ1n) is 6.55. The standard InChI is InChI=1S/C14H16BrF4N/c1-9(15)10-4-6-20(7-5-10)13-3-2-11(8-12(13)16)14(17,18)19/h2-3,8-10H,4-7H2,1H3. The summed E-state index contributed by atoms with van der Waals surface area (Å²) in [6.45, 7) is 3.42. The van der Waals surface area contributed by atoms with Gasteiger partial charge in [0.25, 0.3) is 0 Å². The Morgan fingerprint density at radius 2 is 1.85 bits per heavy atom. The minimum Gasteiger partial charge on any atom is -0.369 e. The lowest BCUT2D eigenvalue weighted by Crippen LogP contribution is -2.36. The fourth-order valence-corrected chi connectivity index (χ4v) is 3.07. The van der Waals surface area contributed by atoms with Crippen molar-refractivity contribution in [3.63, 3.8) is 0 Å². The molecule has 1 aliphatic heterocycles. The molecule has 1 heterocycles. The number of rotatable bonds is 2. The van der Waals surface area contributed by atoms with Crippen molar-refractivity contribution < 1.29 is 17.6 Å². The molecule has 1 aromatic rings. The summed E-state index contributed by atoms with van der Waals surface area (Å²) in [4.78, 5) is 2.23. The fourth-order valence-electron chi connectivity index (χ4n) is 2.54. The van der Waals surface area contributed by atoms with E-state index in [4.69, 9.17) is 0 Å². The van der Waals surface area contributed by atoms with Gasteiger partial charge >= 0.3 is 6.18 Å². The van der Waals surface area contributed by atoms with E-state index in [0.29, 0.717) is 29.9 Å². The summed E-state index contributed by atoms with van der Waals surface area (Å²) in [6, 6.07) is 2.75. The summed E-state index contributed by atoms with van der Waals surface area (Å²) in [5, 5.41) is 0. The molecule has 0 spiro atoms. The molecule has 1 nitrogen and oxygen atoms in total. The van der Waals surface area contributed by atoms with Gasteiger partial charge in [-0.3, -0.25) is 0 Å². The normalized spacial score (nSPS) is 19.2. The lowest BCUT2D eigenvalue weighted by Gasteiger charge is -2.35. The topological polar surface area (TPSA) is 3.24 Å². The minimum absolute atomic E-state index is 0.263. The second kappa shape index (κ2) is 5.92. The quantitative estimate of drug-likeness (QED) is 0.542. The van der Waals surface area contributed by atoms with Gasteiger partial charge in [0.2, 0.25) is 0 Å². The number of nitrogens with zero attached hydrogens (tertiary/aromatic N) is 1. The van der Waals surface area contributed by atoms with Crippen LogP contribution >= 0.6 is 15.9 Å². The Labute approximate surface area is 124 Å². The van der Waals surface area contributed by atoms with E-state index in [1.807, 2.05) is 4.90 Å². The van der Waals surface area contributed by atoms with Gasteiger partial charge in [0.1, 0.15) is 5.82 Å².